The van der Waals surface area contributed by atoms with Crippen molar-refractivity contribution in [3.05, 3.63) is 51.0 Å². The van der Waals surface area contributed by atoms with Crippen LogP contribution in [0.5, 0.6) is 5.75 Å². The number of carbonyl (C=O) groups excluding carboxylic acids is 1. The van der Waals surface area contributed by atoms with E-state index in [1.165, 1.54) is 6.21 Å². The number of nitrogens with zero attached hydrogens (tertiary/aromatic N) is 1. The van der Waals surface area contributed by atoms with Gasteiger partial charge in [-0.2, -0.15) is 5.10 Å². The lowest BCUT2D eigenvalue weighted by atomic mass is 10.1. The Kier molecular flexibility index (Phi) is 5.38. The molecule has 0 spiro atoms. The first kappa shape index (κ1) is 15.6. The molecule has 6 heteroatoms. The molecule has 1 aromatic heterocycles. The number of ether oxygens (including phenoxy) is 1. The van der Waals surface area contributed by atoms with Crippen molar-refractivity contribution in [3.63, 3.8) is 0 Å². The molecular formula is C15H15IN2O3. The molecule has 5 nitrogen and oxygen atoms in total. The summed E-state index contributed by atoms with van der Waals surface area (Å²) in [5.41, 5.74) is 4.46. The van der Waals surface area contributed by atoms with Crippen LogP contribution in [0, 0.1) is 17.6 Å². The highest BCUT2D eigenvalue weighted by atomic mass is 127. The van der Waals surface area contributed by atoms with Crippen molar-refractivity contribution in [3.8, 4) is 5.75 Å². The summed E-state index contributed by atoms with van der Waals surface area (Å²) in [4.78, 5) is 11.6. The molecule has 1 N–H and O–H groups in total. The number of amides is 1. The van der Waals surface area contributed by atoms with E-state index in [9.17, 15) is 4.79 Å². The monoisotopic (exact) mass is 398 g/mol. The summed E-state index contributed by atoms with van der Waals surface area (Å²) in [6.45, 7) is 3.82. The SMILES string of the molecule is Cc1ccc(C)c(OCC(=O)N/N=C\c2ccc(I)o2)c1. The Labute approximate surface area is 136 Å². The van der Waals surface area contributed by atoms with Gasteiger partial charge in [-0.1, -0.05) is 12.1 Å². The van der Waals surface area contributed by atoms with Crippen LogP contribution < -0.4 is 10.2 Å². The Hall–Kier alpha value is -1.83. The number of rotatable bonds is 5. The highest BCUT2D eigenvalue weighted by Crippen LogP contribution is 2.18. The van der Waals surface area contributed by atoms with Crippen molar-refractivity contribution in [2.45, 2.75) is 13.8 Å². The molecule has 0 saturated heterocycles. The van der Waals surface area contributed by atoms with E-state index in [1.807, 2.05) is 38.1 Å². The maximum absolute atomic E-state index is 11.6. The Bertz CT molecular complexity index is 665. The summed E-state index contributed by atoms with van der Waals surface area (Å²) >= 11 is 2.06. The Morgan fingerprint density at radius 1 is 1.38 bits per heavy atom. The van der Waals surface area contributed by atoms with Gasteiger partial charge in [0.2, 0.25) is 0 Å². The zero-order valence-electron chi connectivity index (χ0n) is 11.7. The fraction of sp³-hybridized carbons (Fsp3) is 0.200. The van der Waals surface area contributed by atoms with E-state index in [2.05, 4.69) is 33.1 Å². The number of hydrazone groups is 1. The minimum Gasteiger partial charge on any atom is -0.483 e. The van der Waals surface area contributed by atoms with Gasteiger partial charge in [0.05, 0.1) is 6.21 Å². The summed E-state index contributed by atoms with van der Waals surface area (Å²) in [6, 6.07) is 9.44. The molecule has 0 bridgehead atoms. The molecule has 0 atom stereocenters. The molecule has 0 saturated carbocycles. The largest absolute Gasteiger partial charge is 0.483 e. The number of benzene rings is 1. The fourth-order valence-electron chi connectivity index (χ4n) is 1.60. The minimum atomic E-state index is -0.326. The molecule has 0 fully saturated rings. The van der Waals surface area contributed by atoms with Crippen LogP contribution in [0.1, 0.15) is 16.9 Å². The van der Waals surface area contributed by atoms with E-state index < -0.39 is 0 Å². The smallest absolute Gasteiger partial charge is 0.277 e. The van der Waals surface area contributed by atoms with Gasteiger partial charge in [-0.3, -0.25) is 4.79 Å². The first-order valence-electron chi connectivity index (χ1n) is 6.32. The van der Waals surface area contributed by atoms with Gasteiger partial charge in [-0.25, -0.2) is 5.43 Å². The number of hydrogen-bond acceptors (Lipinski definition) is 4. The minimum absolute atomic E-state index is 0.0860. The third kappa shape index (κ3) is 4.89. The van der Waals surface area contributed by atoms with Gasteiger partial charge >= 0.3 is 0 Å². The maximum atomic E-state index is 11.6. The number of halogens is 1. The van der Waals surface area contributed by atoms with Crippen molar-refractivity contribution in [2.75, 3.05) is 6.61 Å². The summed E-state index contributed by atoms with van der Waals surface area (Å²) in [5, 5.41) is 3.81. The molecule has 1 heterocycles. The quantitative estimate of drug-likeness (QED) is 0.479. The molecule has 1 aromatic carbocycles. The zero-order chi connectivity index (χ0) is 15.2. The number of carbonyl (C=O) groups is 1. The summed E-state index contributed by atoms with van der Waals surface area (Å²) in [7, 11) is 0. The number of aryl methyl sites for hydroxylation is 2. The lowest BCUT2D eigenvalue weighted by molar-refractivity contribution is -0.123. The second kappa shape index (κ2) is 7.26. The average molecular weight is 398 g/mol. The Balaban J connectivity index is 1.82. The second-order valence-electron chi connectivity index (χ2n) is 4.49. The molecule has 0 aliphatic carbocycles. The highest BCUT2D eigenvalue weighted by Gasteiger charge is 2.04. The summed E-state index contributed by atoms with van der Waals surface area (Å²) in [6.07, 6.45) is 1.44. The fourth-order valence-corrected chi connectivity index (χ4v) is 2.04. The van der Waals surface area contributed by atoms with Crippen LogP contribution in [-0.2, 0) is 4.79 Å². The van der Waals surface area contributed by atoms with Crippen molar-refractivity contribution >= 4 is 34.7 Å². The van der Waals surface area contributed by atoms with Gasteiger partial charge in [0.25, 0.3) is 5.91 Å². The summed E-state index contributed by atoms with van der Waals surface area (Å²) in [5.74, 6) is 0.957. The summed E-state index contributed by atoms with van der Waals surface area (Å²) < 4.78 is 11.5. The van der Waals surface area contributed by atoms with Crippen LogP contribution in [0.25, 0.3) is 0 Å². The lowest BCUT2D eigenvalue weighted by Gasteiger charge is -2.08. The molecular weight excluding hydrogens is 383 g/mol. The predicted octanol–water partition coefficient (Wildman–Crippen LogP) is 3.03. The van der Waals surface area contributed by atoms with E-state index in [0.717, 1.165) is 14.9 Å². The normalized spacial score (nSPS) is 10.8. The lowest BCUT2D eigenvalue weighted by Crippen LogP contribution is -2.24. The molecule has 1 amide bonds. The van der Waals surface area contributed by atoms with Crippen molar-refractivity contribution in [1.29, 1.82) is 0 Å². The van der Waals surface area contributed by atoms with Crippen LogP contribution in [0.4, 0.5) is 0 Å². The molecule has 21 heavy (non-hydrogen) atoms. The van der Waals surface area contributed by atoms with E-state index >= 15 is 0 Å². The molecule has 0 aliphatic rings. The van der Waals surface area contributed by atoms with Gasteiger partial charge in [0.1, 0.15) is 11.5 Å². The second-order valence-corrected chi connectivity index (χ2v) is 5.56. The zero-order valence-corrected chi connectivity index (χ0v) is 13.9. The van der Waals surface area contributed by atoms with E-state index in [-0.39, 0.29) is 12.5 Å². The number of hydrogen-bond donors (Lipinski definition) is 1. The molecule has 0 aliphatic heterocycles. The van der Waals surface area contributed by atoms with Crippen molar-refractivity contribution in [2.24, 2.45) is 5.10 Å². The Morgan fingerprint density at radius 3 is 2.90 bits per heavy atom. The van der Waals surface area contributed by atoms with Gasteiger partial charge in [0.15, 0.2) is 10.4 Å². The molecule has 0 unspecified atom stereocenters. The van der Waals surface area contributed by atoms with Crippen LogP contribution >= 0.6 is 22.6 Å². The molecule has 110 valence electrons. The van der Waals surface area contributed by atoms with Crippen LogP contribution in [0.15, 0.2) is 39.9 Å². The third-order valence-electron chi connectivity index (χ3n) is 2.68. The third-order valence-corrected chi connectivity index (χ3v) is 3.26. The standard InChI is InChI=1S/C15H15IN2O3/c1-10-3-4-11(2)13(7-10)20-9-15(19)18-17-8-12-5-6-14(16)21-12/h3-8H,9H2,1-2H3,(H,18,19)/b17-8-. The highest BCUT2D eigenvalue weighted by molar-refractivity contribution is 14.1. The Morgan fingerprint density at radius 2 is 2.19 bits per heavy atom. The van der Waals surface area contributed by atoms with Crippen molar-refractivity contribution < 1.29 is 13.9 Å². The van der Waals surface area contributed by atoms with Crippen LogP contribution in [0.3, 0.4) is 0 Å². The maximum Gasteiger partial charge on any atom is 0.277 e. The van der Waals surface area contributed by atoms with E-state index in [4.69, 9.17) is 9.15 Å². The van der Waals surface area contributed by atoms with Gasteiger partial charge in [-0.05, 0) is 65.8 Å². The van der Waals surface area contributed by atoms with Gasteiger partial charge in [0, 0.05) is 0 Å². The molecule has 2 rings (SSSR count). The number of furan rings is 1. The van der Waals surface area contributed by atoms with Crippen LogP contribution in [-0.4, -0.2) is 18.7 Å². The first-order valence-corrected chi connectivity index (χ1v) is 7.40. The topological polar surface area (TPSA) is 63.8 Å². The molecule has 2 aromatic rings. The van der Waals surface area contributed by atoms with Gasteiger partial charge in [-0.15, -0.1) is 0 Å². The van der Waals surface area contributed by atoms with Crippen LogP contribution in [0.2, 0.25) is 0 Å². The first-order chi connectivity index (χ1) is 10.0. The van der Waals surface area contributed by atoms with Gasteiger partial charge < -0.3 is 9.15 Å². The van der Waals surface area contributed by atoms with Crippen molar-refractivity contribution in [1.82, 2.24) is 5.43 Å². The number of nitrogens with one attached hydrogen (secondary N) is 1. The van der Waals surface area contributed by atoms with E-state index in [0.29, 0.717) is 11.5 Å². The average Bonchev–Trinajstić information content (AvgIpc) is 2.85. The van der Waals surface area contributed by atoms with E-state index in [1.54, 1.807) is 6.07 Å². The molecule has 0 radical (unpaired) electrons. The predicted molar refractivity (Wildman–Crippen MR) is 88.6 cm³/mol.